The van der Waals surface area contributed by atoms with E-state index in [2.05, 4.69) is 160 Å². The Kier molecular flexibility index (Phi) is 13.2. The first-order valence-electron chi connectivity index (χ1n) is 17.1. The normalized spacial score (nSPS) is 16.8. The first-order chi connectivity index (χ1) is 21.6. The van der Waals surface area contributed by atoms with Gasteiger partial charge in [0.2, 0.25) is 0 Å². The monoisotopic (exact) mass is 752 g/mol. The van der Waals surface area contributed by atoms with E-state index < -0.39 is 0 Å². The van der Waals surface area contributed by atoms with E-state index in [1.165, 1.54) is 96.7 Å². The van der Waals surface area contributed by atoms with Crippen LogP contribution in [0.15, 0.2) is 90.5 Å². The van der Waals surface area contributed by atoms with Crippen molar-refractivity contribution in [2.24, 2.45) is 5.41 Å². The van der Waals surface area contributed by atoms with Crippen molar-refractivity contribution in [3.63, 3.8) is 0 Å². The van der Waals surface area contributed by atoms with Crippen LogP contribution >= 0.6 is 0 Å². The Morgan fingerprint density at radius 3 is 1.62 bits per heavy atom. The number of rotatable bonds is 2. The van der Waals surface area contributed by atoms with Crippen molar-refractivity contribution < 1.29 is 49.0 Å². The Labute approximate surface area is 318 Å². The summed E-state index contributed by atoms with van der Waals surface area (Å²) in [5.41, 5.74) is 12.3. The van der Waals surface area contributed by atoms with E-state index in [9.17, 15) is 0 Å². The molecule has 4 aromatic rings. The fourth-order valence-electron chi connectivity index (χ4n) is 6.90. The van der Waals surface area contributed by atoms with Gasteiger partial charge >= 0.3 is 76.7 Å². The molecule has 0 saturated heterocycles. The van der Waals surface area contributed by atoms with Gasteiger partial charge in [-0.15, -0.1) is 46.2 Å². The maximum Gasteiger partial charge on any atom is -1.00 e. The van der Waals surface area contributed by atoms with Gasteiger partial charge in [-0.1, -0.05) is 89.3 Å². The molecule has 0 fully saturated rings. The van der Waals surface area contributed by atoms with E-state index in [1.54, 1.807) is 3.21 Å². The third kappa shape index (κ3) is 8.57. The van der Waals surface area contributed by atoms with Crippen LogP contribution < -0.4 is 24.8 Å². The second-order valence-corrected chi connectivity index (χ2v) is 17.2. The standard InChI is InChI=1S/C27H29.C9H13.C9H10.2ClH.Zr/c1-16-7-9-26(3,4)24-12-18-11-19-13-25-21(17(2)8-10-27(25,5)6)15-23(19)22(18)14-20(16)24;1-9(2,3)8-6-4-5-7-8;1-2-6-9-7-4-3-5-8-9;;;/h7-8,11-15H,9-10H2,1-6H3;6-7H,4H2,1-3H3;3-5,7-8H,2H2,1H3;2*1H;/q2*-1;;;;+2/p-2. The van der Waals surface area contributed by atoms with Crippen LogP contribution in [0.25, 0.3) is 32.7 Å². The summed E-state index contributed by atoms with van der Waals surface area (Å²) in [7, 11) is 0. The first kappa shape index (κ1) is 40.3. The topological polar surface area (TPSA) is 0 Å². The fraction of sp³-hybridized carbons (Fsp3) is 0.378. The van der Waals surface area contributed by atoms with E-state index in [-0.39, 0.29) is 35.6 Å². The van der Waals surface area contributed by atoms with Crippen LogP contribution in [0.4, 0.5) is 0 Å². The number of benzene rings is 3. The molecule has 0 atom stereocenters. The molecule has 0 saturated carbocycles. The van der Waals surface area contributed by atoms with Gasteiger partial charge in [-0.05, 0) is 59.8 Å². The molecule has 252 valence electrons. The molecule has 48 heavy (non-hydrogen) atoms. The number of hydrogen-bond acceptors (Lipinski definition) is 0. The van der Waals surface area contributed by atoms with Crippen molar-refractivity contribution in [3.05, 3.63) is 124 Å². The van der Waals surface area contributed by atoms with Crippen molar-refractivity contribution in [1.29, 1.82) is 0 Å². The second-order valence-electron chi connectivity index (χ2n) is 15.7. The quantitative estimate of drug-likeness (QED) is 0.198. The van der Waals surface area contributed by atoms with Gasteiger partial charge in [0.1, 0.15) is 0 Å². The summed E-state index contributed by atoms with van der Waals surface area (Å²) in [5, 5.41) is 5.61. The zero-order valence-corrected chi connectivity index (χ0v) is 34.6. The molecule has 3 heteroatoms. The number of fused-ring (bicyclic) bond motifs is 5. The summed E-state index contributed by atoms with van der Waals surface area (Å²) in [6, 6.07) is 22.9. The van der Waals surface area contributed by atoms with Crippen LogP contribution in [0.1, 0.15) is 123 Å². The van der Waals surface area contributed by atoms with Gasteiger partial charge in [-0.2, -0.15) is 11.6 Å². The fourth-order valence-corrected chi connectivity index (χ4v) is 7.31. The summed E-state index contributed by atoms with van der Waals surface area (Å²) in [4.78, 5) is 0. The molecule has 0 amide bonds. The molecule has 4 aromatic carbocycles. The van der Waals surface area contributed by atoms with Gasteiger partial charge in [0.15, 0.2) is 0 Å². The summed E-state index contributed by atoms with van der Waals surface area (Å²) in [6.07, 6.45) is 16.8. The minimum Gasteiger partial charge on any atom is -1.00 e. The largest absolute Gasteiger partial charge is 1.00 e. The van der Waals surface area contributed by atoms with Crippen LogP contribution in [-0.4, -0.2) is 3.21 Å². The number of allylic oxidation sites excluding steroid dienone is 8. The predicted molar refractivity (Wildman–Crippen MR) is 200 cm³/mol. The molecule has 7 rings (SSSR count). The van der Waals surface area contributed by atoms with Gasteiger partial charge in [0.25, 0.3) is 0 Å². The maximum absolute atomic E-state index is 3.16. The summed E-state index contributed by atoms with van der Waals surface area (Å²) >= 11 is 1.54. The maximum atomic E-state index is 3.16. The molecule has 0 nitrogen and oxygen atoms in total. The average Bonchev–Trinajstić information content (AvgIpc) is 3.69. The molecule has 3 aliphatic carbocycles. The Morgan fingerprint density at radius 2 is 1.25 bits per heavy atom. The van der Waals surface area contributed by atoms with Crippen LogP contribution in [-0.2, 0) is 35.1 Å². The van der Waals surface area contributed by atoms with Crippen LogP contribution in [0.2, 0.25) is 0 Å². The molecule has 3 aliphatic rings. The van der Waals surface area contributed by atoms with Crippen LogP contribution in [0.3, 0.4) is 0 Å². The van der Waals surface area contributed by atoms with Gasteiger partial charge in [0.05, 0.1) is 0 Å². The first-order valence-corrected chi connectivity index (χ1v) is 18.3. The molecule has 0 bridgehead atoms. The van der Waals surface area contributed by atoms with Crippen LogP contribution in [0, 0.1) is 11.5 Å². The van der Waals surface area contributed by atoms with Crippen molar-refractivity contribution in [1.82, 2.24) is 0 Å². The molecular formula is C45H52Cl2Zr-2. The zero-order chi connectivity index (χ0) is 33.4. The Bertz CT molecular complexity index is 1810. The van der Waals surface area contributed by atoms with Gasteiger partial charge in [-0.3, -0.25) is 6.08 Å². The van der Waals surface area contributed by atoms with Crippen molar-refractivity contribution >= 4 is 35.9 Å². The van der Waals surface area contributed by atoms with Crippen molar-refractivity contribution in [2.75, 3.05) is 0 Å². The van der Waals surface area contributed by atoms with E-state index in [0.29, 0.717) is 5.41 Å². The van der Waals surface area contributed by atoms with Gasteiger partial charge in [-0.25, -0.2) is 6.08 Å². The molecule has 0 unspecified atom stereocenters. The molecule has 0 spiro atoms. The number of halogens is 2. The summed E-state index contributed by atoms with van der Waals surface area (Å²) in [6.45, 7) is 22.9. The van der Waals surface area contributed by atoms with Crippen molar-refractivity contribution in [3.8, 4) is 0 Å². The van der Waals surface area contributed by atoms with E-state index in [4.69, 9.17) is 0 Å². The van der Waals surface area contributed by atoms with Gasteiger partial charge < -0.3 is 24.8 Å². The molecular weight excluding hydrogens is 703 g/mol. The zero-order valence-electron chi connectivity index (χ0n) is 30.7. The summed E-state index contributed by atoms with van der Waals surface area (Å²) < 4.78 is 1.55. The van der Waals surface area contributed by atoms with Crippen LogP contribution in [0.5, 0.6) is 0 Å². The Hall–Kier alpha value is -2.18. The second kappa shape index (κ2) is 15.8. The minimum absolute atomic E-state index is 0. The minimum atomic E-state index is 0. The van der Waals surface area contributed by atoms with Crippen molar-refractivity contribution in [2.45, 2.75) is 106 Å². The van der Waals surface area contributed by atoms with E-state index in [0.717, 1.165) is 19.3 Å². The summed E-state index contributed by atoms with van der Waals surface area (Å²) in [5.74, 6) is 0. The van der Waals surface area contributed by atoms with E-state index >= 15 is 0 Å². The van der Waals surface area contributed by atoms with E-state index in [1.807, 2.05) is 0 Å². The Morgan fingerprint density at radius 1 is 0.771 bits per heavy atom. The number of hydrogen-bond donors (Lipinski definition) is 0. The molecule has 0 aromatic heterocycles. The smallest absolute Gasteiger partial charge is 1.00 e. The predicted octanol–water partition coefficient (Wildman–Crippen LogP) is 6.77. The molecule has 0 heterocycles. The third-order valence-electron chi connectivity index (χ3n) is 10.2. The average molecular weight is 755 g/mol. The Balaban J connectivity index is 0.000000246. The molecule has 0 N–H and O–H groups in total. The van der Waals surface area contributed by atoms with Gasteiger partial charge in [0, 0.05) is 0 Å². The molecule has 0 radical (unpaired) electrons. The SMILES string of the molecule is CC(C)(C)C1=CC[C-]=C1.CC1=CCC(C)(C)c2cc3[cH-]c4cc5c(cc4c3cc21)C(C)=CCC5(C)C.CC[C](=[Zr+2])c1ccccc1.[Cl-].[Cl-]. The molecule has 0 aliphatic heterocycles. The third-order valence-corrected chi connectivity index (χ3v) is 11.7.